The molecule has 162 valence electrons. The number of methoxy groups -OCH3 is 2. The first kappa shape index (κ1) is 20.0. The third-order valence-corrected chi connectivity index (χ3v) is 9.50. The third kappa shape index (κ3) is 2.68. The molecule has 1 heterocycles. The van der Waals surface area contributed by atoms with Gasteiger partial charge in [-0.05, 0) is 85.8 Å². The van der Waals surface area contributed by atoms with E-state index in [4.69, 9.17) is 9.47 Å². The average Bonchev–Trinajstić information content (AvgIpc) is 3.10. The molecule has 4 nitrogen and oxygen atoms in total. The van der Waals surface area contributed by atoms with Gasteiger partial charge in [0, 0.05) is 17.0 Å². The summed E-state index contributed by atoms with van der Waals surface area (Å²) >= 11 is 0. The number of fused-ring (bicyclic) bond motifs is 5. The second kappa shape index (κ2) is 7.03. The number of carbonyl (C=O) groups excluding carboxylic acids is 1. The van der Waals surface area contributed by atoms with Crippen LogP contribution in [0.1, 0.15) is 63.9 Å². The minimum atomic E-state index is 0.0840. The van der Waals surface area contributed by atoms with Gasteiger partial charge in [-0.25, -0.2) is 0 Å². The van der Waals surface area contributed by atoms with E-state index in [9.17, 15) is 4.79 Å². The van der Waals surface area contributed by atoms with Gasteiger partial charge in [0.15, 0.2) is 0 Å². The zero-order valence-electron chi connectivity index (χ0n) is 18.7. The SMILES string of the molecule is COc1cccc(OC)c1C1CC[C@H]2[C@@H]3CCC4NC(=O)C=C[C@]4(C)[C@@H]3CC[C@]12C. The van der Waals surface area contributed by atoms with Crippen LogP contribution < -0.4 is 14.8 Å². The van der Waals surface area contributed by atoms with Crippen molar-refractivity contribution in [2.45, 2.75) is 64.3 Å². The molecule has 1 amide bonds. The molecule has 0 bridgehead atoms. The second-order valence-electron chi connectivity index (χ2n) is 10.5. The van der Waals surface area contributed by atoms with E-state index in [2.05, 4.69) is 37.4 Å². The van der Waals surface area contributed by atoms with E-state index < -0.39 is 0 Å². The van der Waals surface area contributed by atoms with E-state index in [-0.39, 0.29) is 16.7 Å². The first-order valence-electron chi connectivity index (χ1n) is 11.6. The van der Waals surface area contributed by atoms with E-state index in [0.29, 0.717) is 17.9 Å². The van der Waals surface area contributed by atoms with Crippen molar-refractivity contribution < 1.29 is 14.3 Å². The normalized spacial score (nSPS) is 42.0. The lowest BCUT2D eigenvalue weighted by Crippen LogP contribution is -2.59. The molecule has 5 rings (SSSR count). The molecular weight excluding hydrogens is 374 g/mol. The molecule has 1 aliphatic heterocycles. The number of ether oxygens (including phenoxy) is 2. The summed E-state index contributed by atoms with van der Waals surface area (Å²) in [5, 5.41) is 3.27. The molecule has 1 aromatic carbocycles. The average molecular weight is 410 g/mol. The number of benzene rings is 1. The number of carbonyl (C=O) groups is 1. The van der Waals surface area contributed by atoms with Crippen molar-refractivity contribution in [1.82, 2.24) is 5.32 Å². The zero-order chi connectivity index (χ0) is 21.1. The van der Waals surface area contributed by atoms with Crippen molar-refractivity contribution in [2.75, 3.05) is 14.2 Å². The smallest absolute Gasteiger partial charge is 0.243 e. The van der Waals surface area contributed by atoms with Gasteiger partial charge in [-0.2, -0.15) is 0 Å². The van der Waals surface area contributed by atoms with Crippen molar-refractivity contribution in [3.05, 3.63) is 35.9 Å². The van der Waals surface area contributed by atoms with Gasteiger partial charge in [-0.15, -0.1) is 0 Å². The Morgan fingerprint density at radius 2 is 1.70 bits per heavy atom. The van der Waals surface area contributed by atoms with Gasteiger partial charge in [0.25, 0.3) is 0 Å². The fourth-order valence-electron chi connectivity index (χ4n) is 8.03. The molecule has 2 unspecified atom stereocenters. The quantitative estimate of drug-likeness (QED) is 0.757. The van der Waals surface area contributed by atoms with Gasteiger partial charge in [-0.3, -0.25) is 4.79 Å². The summed E-state index contributed by atoms with van der Waals surface area (Å²) in [6.07, 6.45) is 11.3. The van der Waals surface area contributed by atoms with Gasteiger partial charge in [-0.1, -0.05) is 26.0 Å². The van der Waals surface area contributed by atoms with E-state index in [1.54, 1.807) is 20.3 Å². The molecule has 0 radical (unpaired) electrons. The Morgan fingerprint density at radius 3 is 2.40 bits per heavy atom. The van der Waals surface area contributed by atoms with Crippen LogP contribution >= 0.6 is 0 Å². The minimum Gasteiger partial charge on any atom is -0.496 e. The predicted octanol–water partition coefficient (Wildman–Crippen LogP) is 5.08. The standard InChI is InChI=1S/C26H35NO3/c1-25-14-12-18-16(8-11-22-26(18,2)15-13-23(28)27-22)17(25)9-10-19(25)24-20(29-3)6-5-7-21(24)30-4/h5-7,13,15-19,22H,8-12,14H2,1-4H3,(H,27,28)/t16-,17-,18+,19?,22?,25-,26+/m0/s1. The summed E-state index contributed by atoms with van der Waals surface area (Å²) in [6.45, 7) is 4.92. The zero-order valence-corrected chi connectivity index (χ0v) is 18.7. The summed E-state index contributed by atoms with van der Waals surface area (Å²) in [4.78, 5) is 12.0. The number of rotatable bonds is 3. The molecule has 1 N–H and O–H groups in total. The molecule has 3 aliphatic carbocycles. The molecule has 7 atom stereocenters. The van der Waals surface area contributed by atoms with Crippen LogP contribution in [0.3, 0.4) is 0 Å². The van der Waals surface area contributed by atoms with Gasteiger partial charge in [0.2, 0.25) is 5.91 Å². The maximum atomic E-state index is 12.0. The van der Waals surface area contributed by atoms with Crippen LogP contribution in [-0.4, -0.2) is 26.2 Å². The Kier molecular flexibility index (Phi) is 4.68. The van der Waals surface area contributed by atoms with Gasteiger partial charge in [0.05, 0.1) is 14.2 Å². The molecule has 1 aromatic rings. The maximum Gasteiger partial charge on any atom is 0.243 e. The largest absolute Gasteiger partial charge is 0.496 e. The Balaban J connectivity index is 1.50. The first-order valence-corrected chi connectivity index (χ1v) is 11.6. The molecule has 3 saturated carbocycles. The summed E-state index contributed by atoms with van der Waals surface area (Å²) in [6, 6.07) is 6.50. The lowest BCUT2D eigenvalue weighted by molar-refractivity contribution is -0.122. The fraction of sp³-hybridized carbons (Fsp3) is 0.654. The number of nitrogens with one attached hydrogen (secondary N) is 1. The first-order chi connectivity index (χ1) is 14.4. The summed E-state index contributed by atoms with van der Waals surface area (Å²) in [5.41, 5.74) is 1.64. The van der Waals surface area contributed by atoms with Crippen LogP contribution in [0.2, 0.25) is 0 Å². The fourth-order valence-corrected chi connectivity index (χ4v) is 8.03. The van der Waals surface area contributed by atoms with Crippen molar-refractivity contribution in [2.24, 2.45) is 28.6 Å². The van der Waals surface area contributed by atoms with Gasteiger partial charge < -0.3 is 14.8 Å². The predicted molar refractivity (Wildman–Crippen MR) is 118 cm³/mol. The van der Waals surface area contributed by atoms with Crippen LogP contribution in [0, 0.1) is 28.6 Å². The van der Waals surface area contributed by atoms with Crippen molar-refractivity contribution in [1.29, 1.82) is 0 Å². The van der Waals surface area contributed by atoms with Crippen LogP contribution in [0.15, 0.2) is 30.4 Å². The molecular formula is C26H35NO3. The Morgan fingerprint density at radius 1 is 0.967 bits per heavy atom. The van der Waals surface area contributed by atoms with E-state index >= 15 is 0 Å². The van der Waals surface area contributed by atoms with Crippen LogP contribution in [0.25, 0.3) is 0 Å². The molecule has 3 fully saturated rings. The lowest BCUT2D eigenvalue weighted by atomic mass is 9.47. The molecule has 0 saturated heterocycles. The lowest BCUT2D eigenvalue weighted by Gasteiger charge is -2.59. The van der Waals surface area contributed by atoms with Crippen molar-refractivity contribution in [3.8, 4) is 11.5 Å². The van der Waals surface area contributed by atoms with Gasteiger partial charge in [0.1, 0.15) is 11.5 Å². The second-order valence-corrected chi connectivity index (χ2v) is 10.5. The number of hydrogen-bond donors (Lipinski definition) is 1. The highest BCUT2D eigenvalue weighted by Gasteiger charge is 2.60. The number of hydrogen-bond acceptors (Lipinski definition) is 3. The van der Waals surface area contributed by atoms with Gasteiger partial charge >= 0.3 is 0 Å². The highest BCUT2D eigenvalue weighted by atomic mass is 16.5. The van der Waals surface area contributed by atoms with Crippen LogP contribution in [-0.2, 0) is 4.79 Å². The monoisotopic (exact) mass is 409 g/mol. The Hall–Kier alpha value is -1.97. The van der Waals surface area contributed by atoms with E-state index in [1.165, 1.54) is 37.7 Å². The molecule has 0 aromatic heterocycles. The molecule has 30 heavy (non-hydrogen) atoms. The van der Waals surface area contributed by atoms with Crippen LogP contribution in [0.5, 0.6) is 11.5 Å². The Bertz CT molecular complexity index is 857. The van der Waals surface area contributed by atoms with Crippen LogP contribution in [0.4, 0.5) is 0 Å². The maximum absolute atomic E-state index is 12.0. The summed E-state index contributed by atoms with van der Waals surface area (Å²) in [7, 11) is 3.55. The Labute approximate surface area is 180 Å². The third-order valence-electron chi connectivity index (χ3n) is 9.50. The summed E-state index contributed by atoms with van der Waals surface area (Å²) < 4.78 is 11.6. The minimum absolute atomic E-state index is 0.0840. The molecule has 0 spiro atoms. The van der Waals surface area contributed by atoms with Crippen molar-refractivity contribution in [3.63, 3.8) is 0 Å². The van der Waals surface area contributed by atoms with E-state index in [0.717, 1.165) is 29.8 Å². The molecule has 4 aliphatic rings. The van der Waals surface area contributed by atoms with E-state index in [1.807, 2.05) is 6.07 Å². The topological polar surface area (TPSA) is 47.6 Å². The highest BCUT2D eigenvalue weighted by Crippen LogP contribution is 2.68. The number of amides is 1. The van der Waals surface area contributed by atoms with Crippen molar-refractivity contribution >= 4 is 5.91 Å². The highest BCUT2D eigenvalue weighted by molar-refractivity contribution is 5.89. The summed E-state index contributed by atoms with van der Waals surface area (Å²) in [5.74, 6) is 4.61. The molecule has 4 heteroatoms.